The van der Waals surface area contributed by atoms with Gasteiger partial charge in [-0.25, -0.2) is 0 Å². The maximum Gasteiger partial charge on any atom is 0.244 e. The lowest BCUT2D eigenvalue weighted by atomic mass is 10.3. The Balaban J connectivity index is 3.96. The summed E-state index contributed by atoms with van der Waals surface area (Å²) >= 11 is 5.04. The second kappa shape index (κ2) is 7.45. The van der Waals surface area contributed by atoms with Crippen LogP contribution in [-0.2, 0) is 4.79 Å². The molecule has 0 bridgehead atoms. The predicted molar refractivity (Wildman–Crippen MR) is 66.8 cm³/mol. The van der Waals surface area contributed by atoms with Crippen molar-refractivity contribution in [2.45, 2.75) is 33.2 Å². The molecule has 5 heteroatoms. The van der Waals surface area contributed by atoms with E-state index in [0.717, 1.165) is 13.0 Å². The van der Waals surface area contributed by atoms with E-state index in [1.807, 2.05) is 13.8 Å². The number of nitrogens with zero attached hydrogens (tertiary/aromatic N) is 1. The summed E-state index contributed by atoms with van der Waals surface area (Å²) in [5.74, 6) is 0.0538. The fraction of sp³-hybridized carbons (Fsp3) is 0.800. The molecule has 0 saturated heterocycles. The van der Waals surface area contributed by atoms with E-state index in [1.165, 1.54) is 0 Å². The largest absolute Gasteiger partial charge is 0.363 e. The Morgan fingerprint density at radius 1 is 1.47 bits per heavy atom. The molecular weight excluding hydrogens is 210 g/mol. The Bertz CT molecular complexity index is 221. The number of thiocarbonyl (C=S) groups is 1. The zero-order valence-corrected chi connectivity index (χ0v) is 10.8. The van der Waals surface area contributed by atoms with Gasteiger partial charge in [0.15, 0.2) is 5.11 Å². The summed E-state index contributed by atoms with van der Waals surface area (Å²) < 4.78 is 0. The number of hydrogen-bond donors (Lipinski definition) is 2. The first-order valence-corrected chi connectivity index (χ1v) is 5.73. The molecule has 0 heterocycles. The Morgan fingerprint density at radius 3 is 2.53 bits per heavy atom. The van der Waals surface area contributed by atoms with Gasteiger partial charge in [-0.05, 0) is 32.5 Å². The van der Waals surface area contributed by atoms with Crippen LogP contribution in [0.5, 0.6) is 0 Å². The lowest BCUT2D eigenvalue weighted by molar-refractivity contribution is -0.131. The van der Waals surface area contributed by atoms with E-state index in [2.05, 4.69) is 17.6 Å². The van der Waals surface area contributed by atoms with Gasteiger partial charge in [0.1, 0.15) is 6.04 Å². The molecule has 0 spiro atoms. The summed E-state index contributed by atoms with van der Waals surface area (Å²) in [7, 11) is 1.78. The van der Waals surface area contributed by atoms with Crippen molar-refractivity contribution in [1.29, 1.82) is 0 Å². The molecule has 0 aliphatic heterocycles. The molecule has 0 aromatic rings. The van der Waals surface area contributed by atoms with E-state index in [1.54, 1.807) is 11.9 Å². The fourth-order valence-corrected chi connectivity index (χ4v) is 1.31. The Labute approximate surface area is 97.4 Å². The molecule has 4 nitrogen and oxygen atoms in total. The van der Waals surface area contributed by atoms with Crippen molar-refractivity contribution in [3.63, 3.8) is 0 Å². The number of carbonyl (C=O) groups is 1. The monoisotopic (exact) mass is 231 g/mol. The summed E-state index contributed by atoms with van der Waals surface area (Å²) in [6.07, 6.45) is 1.01. The lowest BCUT2D eigenvalue weighted by Crippen LogP contribution is -2.48. The molecule has 1 atom stereocenters. The van der Waals surface area contributed by atoms with Crippen LogP contribution in [-0.4, -0.2) is 42.1 Å². The fourth-order valence-electron chi connectivity index (χ4n) is 1.03. The number of hydrogen-bond acceptors (Lipinski definition) is 2. The van der Waals surface area contributed by atoms with Gasteiger partial charge in [0, 0.05) is 20.1 Å². The van der Waals surface area contributed by atoms with Gasteiger partial charge in [0.25, 0.3) is 0 Å². The van der Waals surface area contributed by atoms with E-state index in [0.29, 0.717) is 11.7 Å². The van der Waals surface area contributed by atoms with Crippen LogP contribution >= 0.6 is 12.2 Å². The van der Waals surface area contributed by atoms with Crippen LogP contribution in [0.3, 0.4) is 0 Å². The van der Waals surface area contributed by atoms with Crippen LogP contribution in [0.25, 0.3) is 0 Å². The minimum Gasteiger partial charge on any atom is -0.363 e. The molecule has 1 amide bonds. The third kappa shape index (κ3) is 5.57. The molecule has 1 unspecified atom stereocenters. The van der Waals surface area contributed by atoms with E-state index >= 15 is 0 Å². The minimum atomic E-state index is -0.271. The van der Waals surface area contributed by atoms with Crippen molar-refractivity contribution in [3.05, 3.63) is 0 Å². The van der Waals surface area contributed by atoms with Gasteiger partial charge in [-0.3, -0.25) is 4.79 Å². The molecule has 0 aromatic carbocycles. The number of nitrogens with one attached hydrogen (secondary N) is 2. The van der Waals surface area contributed by atoms with Crippen molar-refractivity contribution in [1.82, 2.24) is 15.5 Å². The first kappa shape index (κ1) is 14.2. The van der Waals surface area contributed by atoms with Crippen molar-refractivity contribution in [2.75, 3.05) is 20.1 Å². The van der Waals surface area contributed by atoms with Gasteiger partial charge in [-0.15, -0.1) is 0 Å². The Hall–Kier alpha value is -0.840. The highest BCUT2D eigenvalue weighted by Gasteiger charge is 2.16. The quantitative estimate of drug-likeness (QED) is 0.685. The number of likely N-dealkylation sites (N-methyl/N-ethyl adjacent to an activating group) is 1. The first-order valence-electron chi connectivity index (χ1n) is 5.32. The maximum absolute atomic E-state index is 11.7. The van der Waals surface area contributed by atoms with Crippen LogP contribution < -0.4 is 10.6 Å². The van der Waals surface area contributed by atoms with Crippen molar-refractivity contribution >= 4 is 23.2 Å². The number of carbonyl (C=O) groups excluding carboxylic acids is 1. The second-order valence-electron chi connectivity index (χ2n) is 3.47. The summed E-state index contributed by atoms with van der Waals surface area (Å²) in [4.78, 5) is 13.3. The van der Waals surface area contributed by atoms with Gasteiger partial charge < -0.3 is 15.5 Å². The molecule has 0 radical (unpaired) electrons. The first-order chi connectivity index (χ1) is 7.02. The highest BCUT2D eigenvalue weighted by Crippen LogP contribution is 1.91. The SMILES string of the molecule is CCCNC(=S)NC(C)C(=O)N(C)CC. The van der Waals surface area contributed by atoms with E-state index in [4.69, 9.17) is 12.2 Å². The summed E-state index contributed by atoms with van der Waals surface area (Å²) in [5.41, 5.74) is 0. The third-order valence-corrected chi connectivity index (χ3v) is 2.37. The number of rotatable bonds is 5. The van der Waals surface area contributed by atoms with Gasteiger partial charge in [0.05, 0.1) is 0 Å². The Kier molecular flexibility index (Phi) is 7.03. The molecule has 0 aromatic heterocycles. The molecular formula is C10H21N3OS. The van der Waals surface area contributed by atoms with Crippen molar-refractivity contribution in [3.8, 4) is 0 Å². The summed E-state index contributed by atoms with van der Waals surface area (Å²) in [6, 6.07) is -0.271. The molecule has 0 aliphatic carbocycles. The molecule has 2 N–H and O–H groups in total. The standard InChI is InChI=1S/C10H21N3OS/c1-5-7-11-10(15)12-8(3)9(14)13(4)6-2/h8H,5-7H2,1-4H3,(H2,11,12,15). The van der Waals surface area contributed by atoms with Gasteiger partial charge in [-0.1, -0.05) is 6.92 Å². The highest BCUT2D eigenvalue weighted by molar-refractivity contribution is 7.80. The predicted octanol–water partition coefficient (Wildman–Crippen LogP) is 0.727. The van der Waals surface area contributed by atoms with Gasteiger partial charge in [0.2, 0.25) is 5.91 Å². The second-order valence-corrected chi connectivity index (χ2v) is 3.88. The molecule has 0 rings (SSSR count). The van der Waals surface area contributed by atoms with E-state index in [-0.39, 0.29) is 11.9 Å². The average molecular weight is 231 g/mol. The highest BCUT2D eigenvalue weighted by atomic mass is 32.1. The Morgan fingerprint density at radius 2 is 2.07 bits per heavy atom. The zero-order chi connectivity index (χ0) is 11.8. The van der Waals surface area contributed by atoms with E-state index < -0.39 is 0 Å². The normalized spacial score (nSPS) is 11.7. The van der Waals surface area contributed by atoms with Crippen LogP contribution in [0.2, 0.25) is 0 Å². The van der Waals surface area contributed by atoms with Crippen LogP contribution in [0, 0.1) is 0 Å². The molecule has 0 saturated carbocycles. The van der Waals surface area contributed by atoms with Crippen molar-refractivity contribution in [2.24, 2.45) is 0 Å². The average Bonchev–Trinajstić information content (AvgIpc) is 2.23. The van der Waals surface area contributed by atoms with Crippen LogP contribution in [0.4, 0.5) is 0 Å². The zero-order valence-electron chi connectivity index (χ0n) is 9.96. The maximum atomic E-state index is 11.7. The number of amides is 1. The van der Waals surface area contributed by atoms with Crippen molar-refractivity contribution < 1.29 is 4.79 Å². The minimum absolute atomic E-state index is 0.0538. The third-order valence-electron chi connectivity index (χ3n) is 2.10. The van der Waals surface area contributed by atoms with Gasteiger partial charge >= 0.3 is 0 Å². The van der Waals surface area contributed by atoms with Crippen LogP contribution in [0.15, 0.2) is 0 Å². The molecule has 15 heavy (non-hydrogen) atoms. The molecule has 0 fully saturated rings. The smallest absolute Gasteiger partial charge is 0.244 e. The lowest BCUT2D eigenvalue weighted by Gasteiger charge is -2.21. The molecule has 88 valence electrons. The van der Waals surface area contributed by atoms with E-state index in [9.17, 15) is 4.79 Å². The van der Waals surface area contributed by atoms with Gasteiger partial charge in [-0.2, -0.15) is 0 Å². The summed E-state index contributed by atoms with van der Waals surface area (Å²) in [6.45, 7) is 7.36. The van der Waals surface area contributed by atoms with Crippen LogP contribution in [0.1, 0.15) is 27.2 Å². The topological polar surface area (TPSA) is 44.4 Å². The summed E-state index contributed by atoms with van der Waals surface area (Å²) in [5, 5.41) is 6.53. The molecule has 0 aliphatic rings.